The molecule has 1 aliphatic heterocycles. The van der Waals surface area contributed by atoms with E-state index >= 15 is 0 Å². The minimum atomic E-state index is 0.106. The van der Waals surface area contributed by atoms with E-state index in [9.17, 15) is 4.79 Å². The highest BCUT2D eigenvalue weighted by Gasteiger charge is 2.32. The lowest BCUT2D eigenvalue weighted by molar-refractivity contribution is -0.128. The van der Waals surface area contributed by atoms with Crippen LogP contribution in [0.15, 0.2) is 47.3 Å². The zero-order valence-electron chi connectivity index (χ0n) is 13.9. The fourth-order valence-electron chi connectivity index (χ4n) is 3.26. The van der Waals surface area contributed by atoms with E-state index < -0.39 is 0 Å². The van der Waals surface area contributed by atoms with Gasteiger partial charge in [0.05, 0.1) is 19.0 Å². The normalized spacial score (nSPS) is 17.2. The quantitative estimate of drug-likeness (QED) is 0.761. The molecule has 1 aromatic carbocycles. The summed E-state index contributed by atoms with van der Waals surface area (Å²) in [5, 5.41) is 4.13. The smallest absolute Gasteiger partial charge is 0.223 e. The highest BCUT2D eigenvalue weighted by molar-refractivity contribution is 7.08. The van der Waals surface area contributed by atoms with E-state index in [-0.39, 0.29) is 11.8 Å². The standard InChI is InChI=1S/C19H19N3O2S/c1-24-17-5-3-2-4-13(17)10-22-11-15(8-18(22)23)19-20-9-16(21-19)14-6-7-25-12-14/h2-7,9,12,15H,8,10-11H2,1H3,(H,20,21). The van der Waals surface area contributed by atoms with Crippen LogP contribution in [0.2, 0.25) is 0 Å². The fourth-order valence-corrected chi connectivity index (χ4v) is 3.91. The first kappa shape index (κ1) is 15.9. The zero-order valence-corrected chi connectivity index (χ0v) is 14.8. The lowest BCUT2D eigenvalue weighted by Gasteiger charge is -2.18. The number of carbonyl (C=O) groups excluding carboxylic acids is 1. The number of benzene rings is 1. The van der Waals surface area contributed by atoms with Crippen LogP contribution in [0.3, 0.4) is 0 Å². The van der Waals surface area contributed by atoms with E-state index in [0.29, 0.717) is 19.5 Å². The number of H-pyrrole nitrogens is 1. The minimum Gasteiger partial charge on any atom is -0.496 e. The van der Waals surface area contributed by atoms with Gasteiger partial charge in [-0.15, -0.1) is 0 Å². The third-order valence-electron chi connectivity index (χ3n) is 4.58. The lowest BCUT2D eigenvalue weighted by atomic mass is 10.1. The number of nitrogens with zero attached hydrogens (tertiary/aromatic N) is 2. The lowest BCUT2D eigenvalue weighted by Crippen LogP contribution is -2.24. The minimum absolute atomic E-state index is 0.106. The second kappa shape index (κ2) is 6.72. The van der Waals surface area contributed by atoms with Gasteiger partial charge in [0.15, 0.2) is 0 Å². The Morgan fingerprint density at radius 3 is 3.04 bits per heavy atom. The first-order valence-electron chi connectivity index (χ1n) is 8.21. The van der Waals surface area contributed by atoms with Crippen molar-refractivity contribution in [3.8, 4) is 17.0 Å². The van der Waals surface area contributed by atoms with Crippen molar-refractivity contribution in [1.82, 2.24) is 14.9 Å². The number of hydrogen-bond donors (Lipinski definition) is 1. The summed E-state index contributed by atoms with van der Waals surface area (Å²) in [6.45, 7) is 1.24. The highest BCUT2D eigenvalue weighted by atomic mass is 32.1. The molecule has 0 bridgehead atoms. The number of nitrogens with one attached hydrogen (secondary N) is 1. The van der Waals surface area contributed by atoms with Gasteiger partial charge in [0, 0.05) is 41.9 Å². The van der Waals surface area contributed by atoms with Gasteiger partial charge in [0.25, 0.3) is 0 Å². The molecular weight excluding hydrogens is 334 g/mol. The van der Waals surface area contributed by atoms with Crippen molar-refractivity contribution in [3.63, 3.8) is 0 Å². The van der Waals surface area contributed by atoms with E-state index in [0.717, 1.165) is 28.4 Å². The van der Waals surface area contributed by atoms with E-state index in [4.69, 9.17) is 4.74 Å². The summed E-state index contributed by atoms with van der Waals surface area (Å²) >= 11 is 1.66. The van der Waals surface area contributed by atoms with E-state index in [1.807, 2.05) is 40.7 Å². The van der Waals surface area contributed by atoms with Crippen molar-refractivity contribution in [2.45, 2.75) is 18.9 Å². The molecule has 0 aliphatic carbocycles. The van der Waals surface area contributed by atoms with Crippen LogP contribution >= 0.6 is 11.3 Å². The monoisotopic (exact) mass is 353 g/mol. The van der Waals surface area contributed by atoms with Crippen LogP contribution in [0.25, 0.3) is 11.3 Å². The molecule has 5 nitrogen and oxygen atoms in total. The molecule has 2 aromatic heterocycles. The summed E-state index contributed by atoms with van der Waals surface area (Å²) in [5.74, 6) is 1.97. The number of methoxy groups -OCH3 is 1. The molecule has 1 atom stereocenters. The molecule has 128 valence electrons. The number of thiophene rings is 1. The summed E-state index contributed by atoms with van der Waals surface area (Å²) in [6, 6.07) is 9.89. The van der Waals surface area contributed by atoms with Gasteiger partial charge in [-0.1, -0.05) is 18.2 Å². The molecule has 1 unspecified atom stereocenters. The summed E-state index contributed by atoms with van der Waals surface area (Å²) in [6.07, 6.45) is 2.34. The molecule has 6 heteroatoms. The molecule has 1 N–H and O–H groups in total. The Bertz CT molecular complexity index is 872. The number of carbonyl (C=O) groups is 1. The molecule has 4 rings (SSSR count). The predicted octanol–water partition coefficient (Wildman–Crippen LogP) is 3.66. The predicted molar refractivity (Wildman–Crippen MR) is 97.7 cm³/mol. The van der Waals surface area contributed by atoms with Gasteiger partial charge in [-0.05, 0) is 17.5 Å². The van der Waals surface area contributed by atoms with Crippen molar-refractivity contribution < 1.29 is 9.53 Å². The molecule has 3 aromatic rings. The Morgan fingerprint density at radius 2 is 2.24 bits per heavy atom. The zero-order chi connectivity index (χ0) is 17.2. The molecule has 1 fully saturated rings. The Kier molecular flexibility index (Phi) is 4.28. The maximum absolute atomic E-state index is 12.4. The summed E-state index contributed by atoms with van der Waals surface area (Å²) < 4.78 is 5.39. The van der Waals surface area contributed by atoms with E-state index in [1.54, 1.807) is 18.4 Å². The number of likely N-dealkylation sites (tertiary alicyclic amines) is 1. The number of hydrogen-bond acceptors (Lipinski definition) is 4. The Morgan fingerprint density at radius 1 is 1.36 bits per heavy atom. The molecule has 1 saturated heterocycles. The fraction of sp³-hybridized carbons (Fsp3) is 0.263. The van der Waals surface area contributed by atoms with Crippen LogP contribution in [-0.4, -0.2) is 34.4 Å². The van der Waals surface area contributed by atoms with Crippen LogP contribution in [0.5, 0.6) is 5.75 Å². The van der Waals surface area contributed by atoms with Gasteiger partial charge in [-0.2, -0.15) is 11.3 Å². The maximum Gasteiger partial charge on any atom is 0.223 e. The first-order valence-corrected chi connectivity index (χ1v) is 9.16. The topological polar surface area (TPSA) is 58.2 Å². The molecule has 1 aliphatic rings. The van der Waals surface area contributed by atoms with Crippen LogP contribution in [0.1, 0.15) is 23.7 Å². The second-order valence-corrected chi connectivity index (χ2v) is 6.96. The third kappa shape index (κ3) is 3.17. The number of ether oxygens (including phenoxy) is 1. The average Bonchev–Trinajstić information content (AvgIpc) is 3.36. The second-order valence-electron chi connectivity index (χ2n) is 6.18. The molecule has 0 saturated carbocycles. The van der Waals surface area contributed by atoms with Crippen molar-refractivity contribution >= 4 is 17.2 Å². The van der Waals surface area contributed by atoms with Gasteiger partial charge in [0.2, 0.25) is 5.91 Å². The molecule has 25 heavy (non-hydrogen) atoms. The summed E-state index contributed by atoms with van der Waals surface area (Å²) in [7, 11) is 1.66. The average molecular weight is 353 g/mol. The molecule has 0 radical (unpaired) electrons. The Labute approximate surface area is 150 Å². The Hall–Kier alpha value is -2.60. The molecule has 3 heterocycles. The number of aromatic amines is 1. The number of amides is 1. The van der Waals surface area contributed by atoms with Gasteiger partial charge < -0.3 is 14.6 Å². The van der Waals surface area contributed by atoms with Gasteiger partial charge in [-0.3, -0.25) is 4.79 Å². The van der Waals surface area contributed by atoms with Gasteiger partial charge in [0.1, 0.15) is 11.6 Å². The molecule has 0 spiro atoms. The third-order valence-corrected chi connectivity index (χ3v) is 5.27. The van der Waals surface area contributed by atoms with Crippen molar-refractivity contribution in [2.75, 3.05) is 13.7 Å². The highest BCUT2D eigenvalue weighted by Crippen LogP contribution is 2.30. The van der Waals surface area contributed by atoms with Gasteiger partial charge in [-0.25, -0.2) is 4.98 Å². The number of aromatic nitrogens is 2. The van der Waals surface area contributed by atoms with Crippen LogP contribution in [0.4, 0.5) is 0 Å². The van der Waals surface area contributed by atoms with Crippen LogP contribution < -0.4 is 4.74 Å². The maximum atomic E-state index is 12.4. The SMILES string of the molecule is COc1ccccc1CN1CC(c2ncc(-c3ccsc3)[nH]2)CC1=O. The number of rotatable bonds is 5. The van der Waals surface area contributed by atoms with Crippen LogP contribution in [-0.2, 0) is 11.3 Å². The van der Waals surface area contributed by atoms with Gasteiger partial charge >= 0.3 is 0 Å². The number of imidazole rings is 1. The van der Waals surface area contributed by atoms with Crippen molar-refractivity contribution in [1.29, 1.82) is 0 Å². The summed E-state index contributed by atoms with van der Waals surface area (Å²) in [5.41, 5.74) is 3.17. The largest absolute Gasteiger partial charge is 0.496 e. The number of para-hydroxylation sites is 1. The van der Waals surface area contributed by atoms with E-state index in [1.165, 1.54) is 0 Å². The molecule has 1 amide bonds. The first-order chi connectivity index (χ1) is 12.2. The van der Waals surface area contributed by atoms with Crippen molar-refractivity contribution in [3.05, 3.63) is 58.7 Å². The van der Waals surface area contributed by atoms with Crippen molar-refractivity contribution in [2.24, 2.45) is 0 Å². The summed E-state index contributed by atoms with van der Waals surface area (Å²) in [4.78, 5) is 22.2. The molecular formula is C19H19N3O2S. The van der Waals surface area contributed by atoms with E-state index in [2.05, 4.69) is 21.4 Å². The Balaban J connectivity index is 1.49. The van der Waals surface area contributed by atoms with Crippen LogP contribution in [0, 0.1) is 0 Å².